The van der Waals surface area contributed by atoms with Crippen LogP contribution in [0.25, 0.3) is 0 Å². The summed E-state index contributed by atoms with van der Waals surface area (Å²) < 4.78 is 0. The van der Waals surface area contributed by atoms with Crippen LogP contribution in [0.1, 0.15) is 0 Å². The van der Waals surface area contributed by atoms with Gasteiger partial charge in [-0.15, -0.1) is 8.58 Å². The zero-order chi connectivity index (χ0) is 12.6. The molecule has 90 valence electrons. The maximum absolute atomic E-state index is 10.7. The van der Waals surface area contributed by atoms with Crippen LogP contribution in [-0.4, -0.2) is 43.1 Å². The Morgan fingerprint density at radius 1 is 1.44 bits per heavy atom. The Labute approximate surface area is 105 Å². The summed E-state index contributed by atoms with van der Waals surface area (Å²) in [5.41, 5.74) is 1.24. The minimum atomic E-state index is -0.524. The maximum Gasteiger partial charge on any atom is 0.251 e. The molecule has 0 N–H and O–H groups in total. The fraction of sp³-hybridized carbons (Fsp3) is 0.417. The summed E-state index contributed by atoms with van der Waals surface area (Å²) in [6.45, 7) is 11.5. The molecule has 0 amide bonds. The third-order valence-electron chi connectivity index (χ3n) is 1.99. The van der Waals surface area contributed by atoms with Gasteiger partial charge < -0.3 is 4.90 Å². The van der Waals surface area contributed by atoms with Gasteiger partial charge in [-0.25, -0.2) is 0 Å². The number of rotatable bonds is 8. The highest BCUT2D eigenvalue weighted by Gasteiger charge is 2.00. The lowest BCUT2D eigenvalue weighted by Crippen LogP contribution is -2.22. The first-order chi connectivity index (χ1) is 7.47. The highest BCUT2D eigenvalue weighted by molar-refractivity contribution is 7.37. The zero-order valence-electron chi connectivity index (χ0n) is 9.92. The molecule has 0 rings (SSSR count). The number of nitrogens with zero attached hydrogens (tertiary/aromatic N) is 1. The highest BCUT2D eigenvalue weighted by Crippen LogP contribution is 2.05. The molecule has 0 aliphatic rings. The van der Waals surface area contributed by atoms with E-state index in [9.17, 15) is 4.79 Å². The van der Waals surface area contributed by atoms with Crippen molar-refractivity contribution in [2.24, 2.45) is 0 Å². The van der Waals surface area contributed by atoms with Crippen molar-refractivity contribution in [1.82, 2.24) is 4.90 Å². The van der Waals surface area contributed by atoms with Crippen molar-refractivity contribution < 1.29 is 4.79 Å². The molecule has 16 heavy (non-hydrogen) atoms. The lowest BCUT2D eigenvalue weighted by molar-refractivity contribution is -0.108. The highest BCUT2D eigenvalue weighted by atomic mass is 35.5. The Morgan fingerprint density at radius 2 is 2.06 bits per heavy atom. The van der Waals surface area contributed by atoms with Crippen LogP contribution in [0.5, 0.6) is 0 Å². The molecular formula is C12H19ClNOP. The topological polar surface area (TPSA) is 20.3 Å². The number of carbonyl (C=O) groups is 1. The minimum absolute atomic E-state index is 0.292. The monoisotopic (exact) mass is 259 g/mol. The molecule has 0 saturated heterocycles. The van der Waals surface area contributed by atoms with Gasteiger partial charge in [0.15, 0.2) is 0 Å². The van der Waals surface area contributed by atoms with E-state index in [1.165, 1.54) is 6.16 Å². The number of allylic oxidation sites excluding steroid dienone is 2. The second kappa shape index (κ2) is 8.69. The summed E-state index contributed by atoms with van der Waals surface area (Å²) in [4.78, 5) is 12.9. The third-order valence-corrected chi connectivity index (χ3v) is 2.96. The molecule has 1 unspecified atom stereocenters. The van der Waals surface area contributed by atoms with Crippen molar-refractivity contribution in [3.05, 3.63) is 36.5 Å². The molecule has 0 aliphatic carbocycles. The van der Waals surface area contributed by atoms with Gasteiger partial charge in [0.2, 0.25) is 0 Å². The predicted octanol–water partition coefficient (Wildman–Crippen LogP) is 2.66. The summed E-state index contributed by atoms with van der Waals surface area (Å²) in [6, 6.07) is 0. The summed E-state index contributed by atoms with van der Waals surface area (Å²) >= 11 is 5.26. The van der Waals surface area contributed by atoms with Crippen molar-refractivity contribution >= 4 is 25.4 Å². The molecule has 0 heterocycles. The number of carbonyl (C=O) groups excluding carboxylic acids is 1. The lowest BCUT2D eigenvalue weighted by atomic mass is 10.2. The molecule has 0 bridgehead atoms. The first-order valence-corrected chi connectivity index (χ1v) is 7.13. The molecular weight excluding hydrogens is 241 g/mol. The van der Waals surface area contributed by atoms with Crippen LogP contribution in [-0.2, 0) is 4.79 Å². The number of halogens is 1. The lowest BCUT2D eigenvalue weighted by Gasteiger charge is -2.15. The van der Waals surface area contributed by atoms with Crippen LogP contribution in [0, 0.1) is 0 Å². The molecule has 2 nitrogen and oxygen atoms in total. The third kappa shape index (κ3) is 7.81. The summed E-state index contributed by atoms with van der Waals surface area (Å²) in [6.07, 6.45) is 4.60. The van der Waals surface area contributed by atoms with Crippen LogP contribution in [0.4, 0.5) is 0 Å². The van der Waals surface area contributed by atoms with Crippen molar-refractivity contribution in [3.8, 4) is 0 Å². The predicted molar refractivity (Wildman–Crippen MR) is 74.9 cm³/mol. The van der Waals surface area contributed by atoms with Crippen molar-refractivity contribution in [2.75, 3.05) is 33.0 Å². The molecule has 4 heteroatoms. The largest absolute Gasteiger partial charge is 0.302 e. The first-order valence-electron chi connectivity index (χ1n) is 5.05. The Hall–Kier alpha value is -0.430. The van der Waals surface area contributed by atoms with E-state index < -0.39 is 5.24 Å². The second-order valence-corrected chi connectivity index (χ2v) is 5.18. The Balaban J connectivity index is 3.98. The summed E-state index contributed by atoms with van der Waals surface area (Å²) in [5.74, 6) is 0. The van der Waals surface area contributed by atoms with Gasteiger partial charge in [0.25, 0.3) is 5.24 Å². The smallest absolute Gasteiger partial charge is 0.251 e. The molecule has 1 atom stereocenters. The van der Waals surface area contributed by atoms with Gasteiger partial charge in [0, 0.05) is 18.7 Å². The molecule has 0 aliphatic heterocycles. The number of likely N-dealkylation sites (N-methyl/N-ethyl adjacent to an activating group) is 1. The van der Waals surface area contributed by atoms with Crippen molar-refractivity contribution in [1.29, 1.82) is 0 Å². The van der Waals surface area contributed by atoms with E-state index in [0.717, 1.165) is 27.2 Å². The normalized spacial score (nSPS) is 11.8. The second-order valence-electron chi connectivity index (χ2n) is 3.63. The van der Waals surface area contributed by atoms with Gasteiger partial charge >= 0.3 is 0 Å². The average Bonchev–Trinajstić information content (AvgIpc) is 2.22. The van der Waals surface area contributed by atoms with Crippen LogP contribution >= 0.6 is 20.2 Å². The molecule has 0 aromatic carbocycles. The van der Waals surface area contributed by atoms with Gasteiger partial charge in [-0.05, 0) is 37.0 Å². The van der Waals surface area contributed by atoms with Crippen LogP contribution in [0.2, 0.25) is 0 Å². The first kappa shape index (κ1) is 15.6. The van der Waals surface area contributed by atoms with Gasteiger partial charge in [-0.3, -0.25) is 4.79 Å². The Morgan fingerprint density at radius 3 is 2.56 bits per heavy atom. The maximum atomic E-state index is 10.7. The molecule has 0 aromatic rings. The fourth-order valence-electron chi connectivity index (χ4n) is 1.07. The molecule has 0 radical (unpaired) electrons. The molecule has 0 aromatic heterocycles. The van der Waals surface area contributed by atoms with Gasteiger partial charge in [-0.1, -0.05) is 25.3 Å². The Kier molecular flexibility index (Phi) is 8.46. The summed E-state index contributed by atoms with van der Waals surface area (Å²) in [7, 11) is 3.03. The average molecular weight is 260 g/mol. The Bertz CT molecular complexity index is 299. The quantitative estimate of drug-likeness (QED) is 0.289. The van der Waals surface area contributed by atoms with Gasteiger partial charge in [0.1, 0.15) is 0 Å². The van der Waals surface area contributed by atoms with Crippen LogP contribution in [0.15, 0.2) is 36.5 Å². The van der Waals surface area contributed by atoms with Crippen molar-refractivity contribution in [3.63, 3.8) is 0 Å². The van der Waals surface area contributed by atoms with Gasteiger partial charge in [-0.2, -0.15) is 0 Å². The van der Waals surface area contributed by atoms with E-state index >= 15 is 0 Å². The summed E-state index contributed by atoms with van der Waals surface area (Å²) in [5, 5.41) is -0.524. The fourth-order valence-corrected chi connectivity index (χ4v) is 1.73. The van der Waals surface area contributed by atoms with Crippen LogP contribution < -0.4 is 0 Å². The van der Waals surface area contributed by atoms with Crippen molar-refractivity contribution in [2.45, 2.75) is 0 Å². The zero-order valence-corrected chi connectivity index (χ0v) is 11.7. The van der Waals surface area contributed by atoms with E-state index in [2.05, 4.69) is 31.8 Å². The van der Waals surface area contributed by atoms with E-state index in [0.29, 0.717) is 5.57 Å². The van der Waals surface area contributed by atoms with E-state index in [1.54, 1.807) is 12.2 Å². The SMILES string of the molecule is C=C(/C=C\C(=C)C(=O)Cl)CN(C)CCPC. The number of hydrogen-bond acceptors (Lipinski definition) is 2. The van der Waals surface area contributed by atoms with E-state index in [-0.39, 0.29) is 0 Å². The molecule has 0 spiro atoms. The number of hydrogen-bond donors (Lipinski definition) is 0. The molecule has 0 saturated carbocycles. The standard InChI is InChI=1S/C12H19ClNOP/c1-10(5-6-11(2)12(13)15)9-14(3)7-8-16-4/h5-6,16H,1-2,7-9H2,3-4H3/b6-5-. The van der Waals surface area contributed by atoms with E-state index in [4.69, 9.17) is 11.6 Å². The van der Waals surface area contributed by atoms with Crippen LogP contribution in [0.3, 0.4) is 0 Å². The minimum Gasteiger partial charge on any atom is -0.302 e. The molecule has 0 fully saturated rings. The van der Waals surface area contributed by atoms with Gasteiger partial charge in [0.05, 0.1) is 0 Å². The van der Waals surface area contributed by atoms with E-state index in [1.807, 2.05) is 0 Å².